The van der Waals surface area contributed by atoms with Crippen LogP contribution in [0.15, 0.2) is 18.3 Å². The molecule has 110 valence electrons. The van der Waals surface area contributed by atoms with Crippen molar-refractivity contribution in [2.75, 3.05) is 13.1 Å². The Morgan fingerprint density at radius 2 is 2.00 bits per heavy atom. The second-order valence-electron chi connectivity index (χ2n) is 5.65. The lowest BCUT2D eigenvalue weighted by molar-refractivity contribution is -0.133. The van der Waals surface area contributed by atoms with Gasteiger partial charge in [0.2, 0.25) is 5.91 Å². The van der Waals surface area contributed by atoms with Crippen LogP contribution >= 0.6 is 0 Å². The summed E-state index contributed by atoms with van der Waals surface area (Å²) in [5.41, 5.74) is 2.13. The van der Waals surface area contributed by atoms with E-state index < -0.39 is 0 Å². The van der Waals surface area contributed by atoms with E-state index in [9.17, 15) is 4.79 Å². The van der Waals surface area contributed by atoms with Crippen LogP contribution < -0.4 is 5.32 Å². The van der Waals surface area contributed by atoms with Crippen molar-refractivity contribution in [2.24, 2.45) is 0 Å². The van der Waals surface area contributed by atoms with Crippen molar-refractivity contribution in [3.63, 3.8) is 0 Å². The number of nitrogens with one attached hydrogen (secondary N) is 1. The number of rotatable bonds is 4. The first-order valence-corrected chi connectivity index (χ1v) is 7.60. The van der Waals surface area contributed by atoms with Gasteiger partial charge < -0.3 is 10.2 Å². The SMILES string of the molecule is Cc1ccc(CNC(C)C(=O)N2CCCCCC2)cn1. The zero-order chi connectivity index (χ0) is 14.4. The van der Waals surface area contributed by atoms with Crippen molar-refractivity contribution in [3.05, 3.63) is 29.6 Å². The van der Waals surface area contributed by atoms with Gasteiger partial charge in [0.15, 0.2) is 0 Å². The van der Waals surface area contributed by atoms with Crippen LogP contribution in [0.5, 0.6) is 0 Å². The van der Waals surface area contributed by atoms with E-state index in [1.807, 2.05) is 31.0 Å². The quantitative estimate of drug-likeness (QED) is 0.917. The largest absolute Gasteiger partial charge is 0.341 e. The summed E-state index contributed by atoms with van der Waals surface area (Å²) in [5, 5.41) is 3.30. The lowest BCUT2D eigenvalue weighted by Crippen LogP contribution is -2.45. The third kappa shape index (κ3) is 4.30. The minimum absolute atomic E-state index is 0.130. The van der Waals surface area contributed by atoms with Crippen LogP contribution in [0, 0.1) is 6.92 Å². The van der Waals surface area contributed by atoms with Crippen LogP contribution in [-0.2, 0) is 11.3 Å². The number of carbonyl (C=O) groups excluding carboxylic acids is 1. The van der Waals surface area contributed by atoms with Gasteiger partial charge in [0.25, 0.3) is 0 Å². The molecule has 1 atom stereocenters. The summed E-state index contributed by atoms with van der Waals surface area (Å²) >= 11 is 0. The normalized spacial score (nSPS) is 17.6. The fourth-order valence-corrected chi connectivity index (χ4v) is 2.53. The third-order valence-electron chi connectivity index (χ3n) is 3.87. The van der Waals surface area contributed by atoms with E-state index in [2.05, 4.69) is 16.4 Å². The van der Waals surface area contributed by atoms with Crippen molar-refractivity contribution in [1.29, 1.82) is 0 Å². The molecule has 0 aromatic carbocycles. The summed E-state index contributed by atoms with van der Waals surface area (Å²) < 4.78 is 0. The summed E-state index contributed by atoms with van der Waals surface area (Å²) in [7, 11) is 0. The fraction of sp³-hybridized carbons (Fsp3) is 0.625. The molecule has 1 aromatic rings. The number of amides is 1. The summed E-state index contributed by atoms with van der Waals surface area (Å²) in [6.07, 6.45) is 6.65. The van der Waals surface area contributed by atoms with Gasteiger partial charge in [0.1, 0.15) is 0 Å². The van der Waals surface area contributed by atoms with Crippen LogP contribution in [0.2, 0.25) is 0 Å². The Morgan fingerprint density at radius 1 is 1.30 bits per heavy atom. The van der Waals surface area contributed by atoms with E-state index in [-0.39, 0.29) is 11.9 Å². The Bertz CT molecular complexity index is 422. The molecule has 0 radical (unpaired) electrons. The fourth-order valence-electron chi connectivity index (χ4n) is 2.53. The highest BCUT2D eigenvalue weighted by atomic mass is 16.2. The van der Waals surface area contributed by atoms with E-state index in [4.69, 9.17) is 0 Å². The molecule has 1 aliphatic rings. The van der Waals surface area contributed by atoms with E-state index >= 15 is 0 Å². The lowest BCUT2D eigenvalue weighted by Gasteiger charge is -2.24. The van der Waals surface area contributed by atoms with Crippen LogP contribution in [0.25, 0.3) is 0 Å². The molecule has 1 aromatic heterocycles. The maximum atomic E-state index is 12.4. The van der Waals surface area contributed by atoms with Gasteiger partial charge >= 0.3 is 0 Å². The number of hydrogen-bond donors (Lipinski definition) is 1. The molecule has 1 amide bonds. The third-order valence-corrected chi connectivity index (χ3v) is 3.87. The molecule has 4 heteroatoms. The van der Waals surface area contributed by atoms with Gasteiger partial charge in [-0.3, -0.25) is 9.78 Å². The predicted octanol–water partition coefficient (Wildman–Crippen LogP) is 2.27. The molecule has 1 saturated heterocycles. The van der Waals surface area contributed by atoms with Crippen LogP contribution in [0.4, 0.5) is 0 Å². The van der Waals surface area contributed by atoms with Gasteiger partial charge in [-0.2, -0.15) is 0 Å². The van der Waals surface area contributed by atoms with E-state index in [1.165, 1.54) is 12.8 Å². The summed E-state index contributed by atoms with van der Waals surface area (Å²) in [6.45, 7) is 6.44. The van der Waals surface area contributed by atoms with Gasteiger partial charge in [-0.05, 0) is 38.3 Å². The molecule has 1 aliphatic heterocycles. The second kappa shape index (κ2) is 7.39. The Hall–Kier alpha value is -1.42. The minimum atomic E-state index is -0.130. The average molecular weight is 275 g/mol. The Labute approximate surface area is 121 Å². The number of aryl methyl sites for hydroxylation is 1. The summed E-state index contributed by atoms with van der Waals surface area (Å²) in [6, 6.07) is 3.92. The standard InChI is InChI=1S/C16H25N3O/c1-13-7-8-15(11-17-13)12-18-14(2)16(20)19-9-5-3-4-6-10-19/h7-8,11,14,18H,3-6,9-10,12H2,1-2H3. The Balaban J connectivity index is 1.82. The smallest absolute Gasteiger partial charge is 0.239 e. The summed E-state index contributed by atoms with van der Waals surface area (Å²) in [4.78, 5) is 18.7. The first-order valence-electron chi connectivity index (χ1n) is 7.60. The van der Waals surface area contributed by atoms with Gasteiger partial charge in [-0.25, -0.2) is 0 Å². The number of aromatic nitrogens is 1. The molecule has 0 saturated carbocycles. The highest BCUT2D eigenvalue weighted by Gasteiger charge is 2.20. The molecule has 4 nitrogen and oxygen atoms in total. The molecule has 1 fully saturated rings. The van der Waals surface area contributed by atoms with Crippen LogP contribution in [-0.4, -0.2) is 34.9 Å². The maximum absolute atomic E-state index is 12.4. The van der Waals surface area contributed by atoms with Crippen molar-refractivity contribution < 1.29 is 4.79 Å². The van der Waals surface area contributed by atoms with Crippen molar-refractivity contribution in [1.82, 2.24) is 15.2 Å². The molecule has 1 unspecified atom stereocenters. The zero-order valence-electron chi connectivity index (χ0n) is 12.6. The van der Waals surface area contributed by atoms with Gasteiger partial charge in [0.05, 0.1) is 6.04 Å². The highest BCUT2D eigenvalue weighted by molar-refractivity contribution is 5.81. The number of pyridine rings is 1. The maximum Gasteiger partial charge on any atom is 0.239 e. The Morgan fingerprint density at radius 3 is 2.60 bits per heavy atom. The molecule has 2 heterocycles. The lowest BCUT2D eigenvalue weighted by atomic mass is 10.2. The molecular formula is C16H25N3O. The zero-order valence-corrected chi connectivity index (χ0v) is 12.6. The Kier molecular flexibility index (Phi) is 5.53. The number of nitrogens with zero attached hydrogens (tertiary/aromatic N) is 2. The van der Waals surface area contributed by atoms with Gasteiger partial charge in [-0.15, -0.1) is 0 Å². The summed E-state index contributed by atoms with van der Waals surface area (Å²) in [5.74, 6) is 0.229. The molecule has 0 bridgehead atoms. The first kappa shape index (κ1) is 15.0. The molecule has 2 rings (SSSR count). The number of hydrogen-bond acceptors (Lipinski definition) is 3. The topological polar surface area (TPSA) is 45.2 Å². The molecule has 1 N–H and O–H groups in total. The van der Waals surface area contributed by atoms with E-state index in [0.717, 1.165) is 37.2 Å². The molecule has 0 aliphatic carbocycles. The van der Waals surface area contributed by atoms with E-state index in [0.29, 0.717) is 6.54 Å². The minimum Gasteiger partial charge on any atom is -0.341 e. The number of carbonyl (C=O) groups is 1. The predicted molar refractivity (Wildman–Crippen MR) is 80.3 cm³/mol. The van der Waals surface area contributed by atoms with Crippen LogP contribution in [0.1, 0.15) is 43.9 Å². The highest BCUT2D eigenvalue weighted by Crippen LogP contribution is 2.11. The van der Waals surface area contributed by atoms with Crippen LogP contribution in [0.3, 0.4) is 0 Å². The number of likely N-dealkylation sites (tertiary alicyclic amines) is 1. The van der Waals surface area contributed by atoms with E-state index in [1.54, 1.807) is 0 Å². The second-order valence-corrected chi connectivity index (χ2v) is 5.65. The van der Waals surface area contributed by atoms with Crippen molar-refractivity contribution >= 4 is 5.91 Å². The molecular weight excluding hydrogens is 250 g/mol. The van der Waals surface area contributed by atoms with Crippen molar-refractivity contribution in [3.8, 4) is 0 Å². The molecule has 0 spiro atoms. The first-order chi connectivity index (χ1) is 9.66. The molecule has 20 heavy (non-hydrogen) atoms. The van der Waals surface area contributed by atoms with Crippen molar-refractivity contribution in [2.45, 2.75) is 52.1 Å². The monoisotopic (exact) mass is 275 g/mol. The van der Waals surface area contributed by atoms with Gasteiger partial charge in [0, 0.05) is 31.5 Å². The van der Waals surface area contributed by atoms with Gasteiger partial charge in [-0.1, -0.05) is 18.9 Å². The average Bonchev–Trinajstić information content (AvgIpc) is 2.74.